The number of halogens is 2. The van der Waals surface area contributed by atoms with Gasteiger partial charge in [0.25, 0.3) is 0 Å². The zero-order valence-corrected chi connectivity index (χ0v) is 13.8. The lowest BCUT2D eigenvalue weighted by Crippen LogP contribution is -1.84. The molecular formula is C17H13BrClNO. The monoisotopic (exact) mass is 361 g/mol. The van der Waals surface area contributed by atoms with Crippen LogP contribution in [0.2, 0.25) is 0 Å². The molecule has 106 valence electrons. The predicted octanol–water partition coefficient (Wildman–Crippen LogP) is 5.82. The number of hydrogen-bond acceptors (Lipinski definition) is 2. The number of hydrogen-bond donors (Lipinski definition) is 0. The Labute approximate surface area is 136 Å². The van der Waals surface area contributed by atoms with Gasteiger partial charge in [-0.05, 0) is 31.2 Å². The van der Waals surface area contributed by atoms with Gasteiger partial charge in [-0.2, -0.15) is 0 Å². The maximum absolute atomic E-state index is 6.02. The van der Waals surface area contributed by atoms with Crippen LogP contribution in [-0.4, -0.2) is 4.98 Å². The van der Waals surface area contributed by atoms with E-state index in [0.29, 0.717) is 11.8 Å². The molecule has 21 heavy (non-hydrogen) atoms. The summed E-state index contributed by atoms with van der Waals surface area (Å²) in [7, 11) is 0. The molecule has 2 nitrogen and oxygen atoms in total. The maximum atomic E-state index is 6.02. The van der Waals surface area contributed by atoms with Crippen molar-refractivity contribution >= 4 is 27.5 Å². The van der Waals surface area contributed by atoms with Crippen LogP contribution in [0.15, 0.2) is 57.4 Å². The lowest BCUT2D eigenvalue weighted by molar-refractivity contribution is 0.588. The van der Waals surface area contributed by atoms with Gasteiger partial charge in [0.05, 0.1) is 5.88 Å². The molecule has 3 rings (SSSR count). The third-order valence-corrected chi connectivity index (χ3v) is 3.92. The molecule has 0 fully saturated rings. The van der Waals surface area contributed by atoms with Crippen LogP contribution in [-0.2, 0) is 5.88 Å². The molecule has 1 aromatic heterocycles. The largest absolute Gasteiger partial charge is 0.436 e. The Balaban J connectivity index is 2.10. The van der Waals surface area contributed by atoms with E-state index in [9.17, 15) is 0 Å². The summed E-state index contributed by atoms with van der Waals surface area (Å²) in [6.45, 7) is 2.05. The van der Waals surface area contributed by atoms with Gasteiger partial charge >= 0.3 is 0 Å². The van der Waals surface area contributed by atoms with Crippen molar-refractivity contribution in [3.05, 3.63) is 64.3 Å². The summed E-state index contributed by atoms with van der Waals surface area (Å²) in [5.74, 6) is 1.65. The molecule has 4 heteroatoms. The average Bonchev–Trinajstić information content (AvgIpc) is 2.91. The fourth-order valence-corrected chi connectivity index (χ4v) is 2.78. The number of benzene rings is 2. The zero-order valence-electron chi connectivity index (χ0n) is 11.4. The Morgan fingerprint density at radius 2 is 1.86 bits per heavy atom. The summed E-state index contributed by atoms with van der Waals surface area (Å²) in [4.78, 5) is 4.53. The van der Waals surface area contributed by atoms with Crippen molar-refractivity contribution in [2.24, 2.45) is 0 Å². The first-order valence-electron chi connectivity index (χ1n) is 6.56. The van der Waals surface area contributed by atoms with E-state index in [2.05, 4.69) is 40.0 Å². The first kappa shape index (κ1) is 14.4. The molecule has 2 aromatic carbocycles. The van der Waals surface area contributed by atoms with Crippen LogP contribution >= 0.6 is 27.5 Å². The number of oxazole rings is 1. The van der Waals surface area contributed by atoms with Crippen LogP contribution in [0.25, 0.3) is 22.8 Å². The summed E-state index contributed by atoms with van der Waals surface area (Å²) >= 11 is 9.48. The molecule has 0 radical (unpaired) electrons. The second-order valence-corrected chi connectivity index (χ2v) is 5.99. The highest BCUT2D eigenvalue weighted by Crippen LogP contribution is 2.32. The van der Waals surface area contributed by atoms with E-state index in [0.717, 1.165) is 27.1 Å². The normalized spacial score (nSPS) is 10.8. The van der Waals surface area contributed by atoms with Crippen molar-refractivity contribution < 1.29 is 4.42 Å². The smallest absolute Gasteiger partial charge is 0.227 e. The van der Waals surface area contributed by atoms with Crippen LogP contribution in [0.5, 0.6) is 0 Å². The number of nitrogens with zero attached hydrogens (tertiary/aromatic N) is 1. The summed E-state index contributed by atoms with van der Waals surface area (Å²) < 4.78 is 6.96. The first-order chi connectivity index (χ1) is 10.2. The van der Waals surface area contributed by atoms with E-state index < -0.39 is 0 Å². The Morgan fingerprint density at radius 3 is 2.57 bits per heavy atom. The van der Waals surface area contributed by atoms with Crippen LogP contribution in [0, 0.1) is 6.92 Å². The van der Waals surface area contributed by atoms with Crippen molar-refractivity contribution in [2.45, 2.75) is 12.8 Å². The quantitative estimate of drug-likeness (QED) is 0.549. The highest BCUT2D eigenvalue weighted by molar-refractivity contribution is 9.10. The summed E-state index contributed by atoms with van der Waals surface area (Å²) in [6, 6.07) is 16.0. The van der Waals surface area contributed by atoms with E-state index in [4.69, 9.17) is 16.0 Å². The molecule has 0 amide bonds. The van der Waals surface area contributed by atoms with Gasteiger partial charge in [-0.15, -0.1) is 11.6 Å². The minimum Gasteiger partial charge on any atom is -0.436 e. The summed E-state index contributed by atoms with van der Waals surface area (Å²) in [6.07, 6.45) is 0. The standard InChI is InChI=1S/C17H13BrClNO/c1-11-4-2-5-12(8-11)16-15(10-19)20-17(21-16)13-6-3-7-14(18)9-13/h2-9H,10H2,1H3. The number of rotatable bonds is 3. The fraction of sp³-hybridized carbons (Fsp3) is 0.118. The molecule has 0 N–H and O–H groups in total. The molecule has 0 bridgehead atoms. The highest BCUT2D eigenvalue weighted by atomic mass is 79.9. The van der Waals surface area contributed by atoms with E-state index in [-0.39, 0.29) is 0 Å². The molecule has 0 aliphatic carbocycles. The van der Waals surface area contributed by atoms with E-state index in [1.165, 1.54) is 5.56 Å². The Kier molecular flexibility index (Phi) is 4.13. The van der Waals surface area contributed by atoms with Crippen molar-refractivity contribution in [2.75, 3.05) is 0 Å². The molecule has 1 heterocycles. The third kappa shape index (κ3) is 3.04. The first-order valence-corrected chi connectivity index (χ1v) is 7.89. The molecule has 0 atom stereocenters. The van der Waals surface area contributed by atoms with Gasteiger partial charge in [-0.1, -0.05) is 45.8 Å². The molecule has 3 aromatic rings. The molecular weight excluding hydrogens is 350 g/mol. The SMILES string of the molecule is Cc1cccc(-c2oc(-c3cccc(Br)c3)nc2CCl)c1. The minimum atomic E-state index is 0.320. The van der Waals surface area contributed by atoms with Gasteiger partial charge in [0.2, 0.25) is 5.89 Å². The van der Waals surface area contributed by atoms with E-state index in [1.807, 2.05) is 36.4 Å². The van der Waals surface area contributed by atoms with Gasteiger partial charge in [0.1, 0.15) is 5.69 Å². The molecule has 0 saturated heterocycles. The van der Waals surface area contributed by atoms with Gasteiger partial charge < -0.3 is 4.42 Å². The minimum absolute atomic E-state index is 0.320. The Hall–Kier alpha value is -1.58. The lowest BCUT2D eigenvalue weighted by atomic mass is 10.1. The topological polar surface area (TPSA) is 26.0 Å². The second kappa shape index (κ2) is 6.04. The average molecular weight is 363 g/mol. The molecule has 0 saturated carbocycles. The lowest BCUT2D eigenvalue weighted by Gasteiger charge is -2.00. The van der Waals surface area contributed by atoms with E-state index >= 15 is 0 Å². The van der Waals surface area contributed by atoms with Crippen molar-refractivity contribution in [1.29, 1.82) is 0 Å². The summed E-state index contributed by atoms with van der Waals surface area (Å²) in [5.41, 5.74) is 3.86. The summed E-state index contributed by atoms with van der Waals surface area (Å²) in [5, 5.41) is 0. The van der Waals surface area contributed by atoms with Gasteiger partial charge in [-0.3, -0.25) is 0 Å². The number of alkyl halides is 1. The van der Waals surface area contributed by atoms with Crippen LogP contribution < -0.4 is 0 Å². The molecule has 0 spiro atoms. The number of aromatic nitrogens is 1. The van der Waals surface area contributed by atoms with Crippen molar-refractivity contribution in [3.8, 4) is 22.8 Å². The Bertz CT molecular complexity index is 782. The molecule has 0 aliphatic heterocycles. The fourth-order valence-electron chi connectivity index (χ4n) is 2.20. The molecule has 0 aliphatic rings. The zero-order chi connectivity index (χ0) is 14.8. The highest BCUT2D eigenvalue weighted by Gasteiger charge is 2.15. The van der Waals surface area contributed by atoms with Gasteiger partial charge in [0.15, 0.2) is 5.76 Å². The maximum Gasteiger partial charge on any atom is 0.227 e. The van der Waals surface area contributed by atoms with E-state index in [1.54, 1.807) is 0 Å². The van der Waals surface area contributed by atoms with Crippen LogP contribution in [0.1, 0.15) is 11.3 Å². The predicted molar refractivity (Wildman–Crippen MR) is 89.4 cm³/mol. The van der Waals surface area contributed by atoms with Crippen molar-refractivity contribution in [3.63, 3.8) is 0 Å². The van der Waals surface area contributed by atoms with Crippen molar-refractivity contribution in [1.82, 2.24) is 4.98 Å². The van der Waals surface area contributed by atoms with Gasteiger partial charge in [0, 0.05) is 15.6 Å². The van der Waals surface area contributed by atoms with Crippen LogP contribution in [0.4, 0.5) is 0 Å². The van der Waals surface area contributed by atoms with Gasteiger partial charge in [-0.25, -0.2) is 4.98 Å². The number of aryl methyl sites for hydroxylation is 1. The molecule has 0 unspecified atom stereocenters. The third-order valence-electron chi connectivity index (χ3n) is 3.18. The van der Waals surface area contributed by atoms with Crippen LogP contribution in [0.3, 0.4) is 0 Å². The Morgan fingerprint density at radius 1 is 1.10 bits per heavy atom. The second-order valence-electron chi connectivity index (χ2n) is 4.81.